The molecule has 0 radical (unpaired) electrons. The van der Waals surface area contributed by atoms with E-state index in [9.17, 15) is 0 Å². The molecule has 0 unspecified atom stereocenters. The van der Waals surface area contributed by atoms with Crippen LogP contribution in [0.15, 0.2) is 41.4 Å². The van der Waals surface area contributed by atoms with E-state index >= 15 is 0 Å². The van der Waals surface area contributed by atoms with E-state index in [0.717, 1.165) is 42.5 Å². The van der Waals surface area contributed by atoms with Gasteiger partial charge in [0.1, 0.15) is 0 Å². The summed E-state index contributed by atoms with van der Waals surface area (Å²) in [6.07, 6.45) is 0. The molecular formula is C23H33ClIN5O2. The van der Waals surface area contributed by atoms with Gasteiger partial charge in [-0.25, -0.2) is 0 Å². The number of piperazine rings is 1. The predicted molar refractivity (Wildman–Crippen MR) is 145 cm³/mol. The van der Waals surface area contributed by atoms with Crippen LogP contribution in [-0.4, -0.2) is 64.9 Å². The smallest absolute Gasteiger partial charge is 0.195 e. The van der Waals surface area contributed by atoms with E-state index in [1.165, 1.54) is 5.69 Å². The molecule has 1 heterocycles. The summed E-state index contributed by atoms with van der Waals surface area (Å²) >= 11 is 6.59. The van der Waals surface area contributed by atoms with Crippen molar-refractivity contribution in [2.45, 2.75) is 13.5 Å². The molecule has 176 valence electrons. The maximum Gasteiger partial charge on any atom is 0.195 e. The number of hydrogen-bond donors (Lipinski definition) is 2. The summed E-state index contributed by atoms with van der Waals surface area (Å²) in [7, 11) is 5.53. The third-order valence-electron chi connectivity index (χ3n) is 5.32. The number of guanidine groups is 1. The minimum absolute atomic E-state index is 0. The Morgan fingerprint density at radius 3 is 2.53 bits per heavy atom. The quantitative estimate of drug-likeness (QED) is 0.293. The third-order valence-corrected chi connectivity index (χ3v) is 5.67. The lowest BCUT2D eigenvalue weighted by Crippen LogP contribution is -2.45. The van der Waals surface area contributed by atoms with E-state index in [2.05, 4.69) is 38.5 Å². The van der Waals surface area contributed by atoms with Crippen LogP contribution in [0.4, 0.5) is 11.4 Å². The number of hydrogen-bond acceptors (Lipinski definition) is 5. The average Bonchev–Trinajstić information content (AvgIpc) is 2.78. The van der Waals surface area contributed by atoms with Gasteiger partial charge in [0.15, 0.2) is 17.5 Å². The number of rotatable bonds is 7. The third kappa shape index (κ3) is 6.79. The Labute approximate surface area is 213 Å². The fourth-order valence-electron chi connectivity index (χ4n) is 3.58. The van der Waals surface area contributed by atoms with Gasteiger partial charge in [-0.3, -0.25) is 4.99 Å². The molecular weight excluding hydrogens is 541 g/mol. The van der Waals surface area contributed by atoms with Crippen LogP contribution in [0.3, 0.4) is 0 Å². The summed E-state index contributed by atoms with van der Waals surface area (Å²) in [4.78, 5) is 9.10. The SMILES string of the molecule is CCOc1cc(NC(=NC)NCc2c(Cl)cccc2N2CCN(C)CC2)ccc1OC.I. The second-order valence-corrected chi connectivity index (χ2v) is 7.78. The Bertz CT molecular complexity index is 904. The zero-order chi connectivity index (χ0) is 22.2. The molecule has 1 fully saturated rings. The first-order valence-corrected chi connectivity index (χ1v) is 10.9. The number of aliphatic imine (C=N–C) groups is 1. The van der Waals surface area contributed by atoms with Crippen molar-refractivity contribution in [3.63, 3.8) is 0 Å². The number of nitrogens with one attached hydrogen (secondary N) is 2. The molecule has 0 aliphatic carbocycles. The van der Waals surface area contributed by atoms with Crippen LogP contribution in [0.2, 0.25) is 5.02 Å². The van der Waals surface area contributed by atoms with Crippen LogP contribution in [0.5, 0.6) is 11.5 Å². The number of nitrogens with zero attached hydrogens (tertiary/aromatic N) is 3. The van der Waals surface area contributed by atoms with Gasteiger partial charge in [0.25, 0.3) is 0 Å². The summed E-state index contributed by atoms with van der Waals surface area (Å²) < 4.78 is 11.0. The van der Waals surface area contributed by atoms with Crippen molar-refractivity contribution in [1.82, 2.24) is 10.2 Å². The first kappa shape index (κ1) is 26.3. The van der Waals surface area contributed by atoms with Crippen LogP contribution >= 0.6 is 35.6 Å². The van der Waals surface area contributed by atoms with Gasteiger partial charge in [0.05, 0.1) is 13.7 Å². The fourth-order valence-corrected chi connectivity index (χ4v) is 3.81. The molecule has 0 amide bonds. The molecule has 2 N–H and O–H groups in total. The molecule has 0 saturated carbocycles. The van der Waals surface area contributed by atoms with Gasteiger partial charge in [0.2, 0.25) is 0 Å². The van der Waals surface area contributed by atoms with Crippen molar-refractivity contribution >= 4 is 52.9 Å². The van der Waals surface area contributed by atoms with E-state index in [0.29, 0.717) is 30.6 Å². The summed E-state index contributed by atoms with van der Waals surface area (Å²) in [5, 5.41) is 7.45. The first-order chi connectivity index (χ1) is 15.0. The molecule has 2 aromatic carbocycles. The lowest BCUT2D eigenvalue weighted by atomic mass is 10.1. The van der Waals surface area contributed by atoms with E-state index in [1.54, 1.807) is 14.2 Å². The Kier molecular flexibility index (Phi) is 10.7. The summed E-state index contributed by atoms with van der Waals surface area (Å²) in [5.74, 6) is 2.04. The van der Waals surface area contributed by atoms with Gasteiger partial charge >= 0.3 is 0 Å². The van der Waals surface area contributed by atoms with Gasteiger partial charge in [-0.2, -0.15) is 0 Å². The Morgan fingerprint density at radius 1 is 1.12 bits per heavy atom. The topological polar surface area (TPSA) is 61.4 Å². The Morgan fingerprint density at radius 2 is 1.88 bits per heavy atom. The van der Waals surface area contributed by atoms with Gasteiger partial charge in [-0.1, -0.05) is 17.7 Å². The highest BCUT2D eigenvalue weighted by Crippen LogP contribution is 2.31. The Hall–Kier alpha value is -1.91. The average molecular weight is 574 g/mol. The first-order valence-electron chi connectivity index (χ1n) is 10.5. The molecule has 3 rings (SSSR count). The minimum Gasteiger partial charge on any atom is -0.493 e. The molecule has 0 spiro atoms. The number of ether oxygens (including phenoxy) is 2. The van der Waals surface area contributed by atoms with E-state index in [4.69, 9.17) is 21.1 Å². The van der Waals surface area contributed by atoms with Crippen LogP contribution < -0.4 is 25.0 Å². The van der Waals surface area contributed by atoms with Crippen molar-refractivity contribution in [2.24, 2.45) is 4.99 Å². The zero-order valence-corrected chi connectivity index (χ0v) is 22.2. The predicted octanol–water partition coefficient (Wildman–Crippen LogP) is 4.30. The van der Waals surface area contributed by atoms with Crippen molar-refractivity contribution in [2.75, 3.05) is 64.2 Å². The van der Waals surface area contributed by atoms with Crippen LogP contribution in [-0.2, 0) is 6.54 Å². The number of benzene rings is 2. The number of methoxy groups -OCH3 is 1. The standard InChI is InChI=1S/C23H32ClN5O2.HI/c1-5-31-22-15-17(9-10-21(22)30-4)27-23(25-2)26-16-18-19(24)7-6-8-20(18)29-13-11-28(3)12-14-29;/h6-10,15H,5,11-14,16H2,1-4H3,(H2,25,26,27);1H. The van der Waals surface area contributed by atoms with Gasteiger partial charge in [0, 0.05) is 67.8 Å². The minimum atomic E-state index is 0. The monoisotopic (exact) mass is 573 g/mol. The summed E-state index contributed by atoms with van der Waals surface area (Å²) in [5.41, 5.74) is 3.10. The molecule has 1 saturated heterocycles. The molecule has 0 atom stereocenters. The van der Waals surface area contributed by atoms with Crippen LogP contribution in [0.25, 0.3) is 0 Å². The largest absolute Gasteiger partial charge is 0.493 e. The highest BCUT2D eigenvalue weighted by atomic mass is 127. The van der Waals surface area contributed by atoms with Crippen molar-refractivity contribution in [3.8, 4) is 11.5 Å². The normalized spacial score (nSPS) is 14.5. The van der Waals surface area contributed by atoms with Crippen molar-refractivity contribution in [1.29, 1.82) is 0 Å². The number of likely N-dealkylation sites (N-methyl/N-ethyl adjacent to an activating group) is 1. The number of anilines is 2. The van der Waals surface area contributed by atoms with Crippen LogP contribution in [0, 0.1) is 0 Å². The maximum absolute atomic E-state index is 6.59. The second-order valence-electron chi connectivity index (χ2n) is 7.38. The van der Waals surface area contributed by atoms with Crippen LogP contribution in [0.1, 0.15) is 12.5 Å². The van der Waals surface area contributed by atoms with Gasteiger partial charge in [-0.15, -0.1) is 24.0 Å². The zero-order valence-electron chi connectivity index (χ0n) is 19.2. The maximum atomic E-state index is 6.59. The molecule has 32 heavy (non-hydrogen) atoms. The second kappa shape index (κ2) is 13.0. The van der Waals surface area contributed by atoms with Gasteiger partial charge in [-0.05, 0) is 38.2 Å². The Balaban J connectivity index is 0.00000363. The highest BCUT2D eigenvalue weighted by molar-refractivity contribution is 14.0. The van der Waals surface area contributed by atoms with E-state index < -0.39 is 0 Å². The molecule has 7 nitrogen and oxygen atoms in total. The van der Waals surface area contributed by atoms with E-state index in [1.807, 2.05) is 37.3 Å². The number of halogens is 2. The molecule has 9 heteroatoms. The summed E-state index contributed by atoms with van der Waals surface area (Å²) in [6, 6.07) is 11.8. The lowest BCUT2D eigenvalue weighted by Gasteiger charge is -2.35. The molecule has 0 aromatic heterocycles. The fraction of sp³-hybridized carbons (Fsp3) is 0.435. The van der Waals surface area contributed by atoms with Crippen molar-refractivity contribution in [3.05, 3.63) is 47.0 Å². The summed E-state index contributed by atoms with van der Waals surface area (Å²) in [6.45, 7) is 7.14. The molecule has 1 aliphatic heterocycles. The molecule has 2 aromatic rings. The van der Waals surface area contributed by atoms with Gasteiger partial charge < -0.3 is 29.9 Å². The van der Waals surface area contributed by atoms with Crippen molar-refractivity contribution < 1.29 is 9.47 Å². The highest BCUT2D eigenvalue weighted by Gasteiger charge is 2.18. The molecule has 0 bridgehead atoms. The molecule has 1 aliphatic rings. The lowest BCUT2D eigenvalue weighted by molar-refractivity contribution is 0.311. The van der Waals surface area contributed by atoms with E-state index in [-0.39, 0.29) is 24.0 Å².